The first-order valence-electron chi connectivity index (χ1n) is 28.3. The van der Waals surface area contributed by atoms with Gasteiger partial charge in [0.1, 0.15) is 11.2 Å². The van der Waals surface area contributed by atoms with Crippen LogP contribution in [0.15, 0.2) is 174 Å². The van der Waals surface area contributed by atoms with Crippen LogP contribution in [0, 0.1) is 0 Å². The van der Waals surface area contributed by atoms with Gasteiger partial charge < -0.3 is 18.7 Å². The first-order chi connectivity index (χ1) is 37.0. The Balaban J connectivity index is 1.14. The van der Waals surface area contributed by atoms with Crippen LogP contribution in [-0.2, 0) is 27.1 Å². The maximum Gasteiger partial charge on any atom is 0.333 e. The zero-order valence-corrected chi connectivity index (χ0v) is 48.0. The van der Waals surface area contributed by atoms with E-state index < -0.39 is 0 Å². The molecule has 9 aromatic carbocycles. The van der Waals surface area contributed by atoms with Gasteiger partial charge in [-0.25, -0.2) is 0 Å². The van der Waals surface area contributed by atoms with Crippen LogP contribution in [0.2, 0.25) is 0 Å². The fourth-order valence-corrected chi connectivity index (χ4v) is 13.6. The number of hydrogen-bond acceptors (Lipinski definition) is 3. The molecule has 0 fully saturated rings. The predicted octanol–water partition coefficient (Wildman–Crippen LogP) is 18.9. The molecular formula is C73H70BN3O. The third-order valence-electron chi connectivity index (χ3n) is 18.0. The molecule has 14 rings (SSSR count). The smallest absolute Gasteiger partial charge is 0.333 e. The lowest BCUT2D eigenvalue weighted by Crippen LogP contribution is -2.60. The molecule has 5 heteroatoms. The normalized spacial score (nSPS) is 14.6. The second kappa shape index (κ2) is 16.2. The number of para-hydroxylation sites is 1. The summed E-state index contributed by atoms with van der Waals surface area (Å²) in [5.41, 5.74) is 26.5. The number of rotatable bonds is 4. The minimum Gasteiger partial charge on any atom is -0.455 e. The van der Waals surface area contributed by atoms with Crippen LogP contribution in [0.3, 0.4) is 0 Å². The Labute approximate surface area is 461 Å². The molecule has 1 aliphatic carbocycles. The van der Waals surface area contributed by atoms with Gasteiger partial charge in [0, 0.05) is 72.2 Å². The van der Waals surface area contributed by atoms with Crippen LogP contribution in [-0.4, -0.2) is 11.4 Å². The summed E-state index contributed by atoms with van der Waals surface area (Å²) in [6.07, 6.45) is 0. The van der Waals surface area contributed by atoms with Crippen LogP contribution in [0.1, 0.15) is 130 Å². The number of furan rings is 1. The maximum atomic E-state index is 7.43. The van der Waals surface area contributed by atoms with Crippen molar-refractivity contribution in [2.45, 2.75) is 124 Å². The SMILES string of the molecule is CC(C)(C)c1ccc(N2B3c4ccc(N(c5ccc(C(C)(C)C)cc5)c5ccc(C(C)(C)C)cc5)cc4-n4c5ccc(C(C)(C)C)cc5c5c6c(oc7ccccc76)c(c3c54)-c3cc4c(cc32)-c2ccccc2C4(C)C)cc1. The first-order valence-corrected chi connectivity index (χ1v) is 28.3. The Hall–Kier alpha value is -7.76. The van der Waals surface area contributed by atoms with Gasteiger partial charge >= 0.3 is 6.85 Å². The maximum absolute atomic E-state index is 7.43. The Morgan fingerprint density at radius 1 is 0.462 bits per heavy atom. The highest BCUT2D eigenvalue weighted by Crippen LogP contribution is 2.57. The molecule has 78 heavy (non-hydrogen) atoms. The van der Waals surface area contributed by atoms with E-state index in [-0.39, 0.29) is 33.9 Å². The van der Waals surface area contributed by atoms with Crippen LogP contribution >= 0.6 is 0 Å². The number of aromatic nitrogens is 1. The molecule has 0 saturated carbocycles. The fraction of sp³-hybridized carbons (Fsp3) is 0.260. The van der Waals surface area contributed by atoms with Gasteiger partial charge in [0.25, 0.3) is 0 Å². The lowest BCUT2D eigenvalue weighted by molar-refractivity contribution is 0.590. The fourth-order valence-electron chi connectivity index (χ4n) is 13.6. The van der Waals surface area contributed by atoms with Crippen molar-refractivity contribution in [2.75, 3.05) is 9.71 Å². The highest BCUT2D eigenvalue weighted by Gasteiger charge is 2.48. The number of fused-ring (bicyclic) bond motifs is 16. The Morgan fingerprint density at radius 3 is 1.65 bits per heavy atom. The van der Waals surface area contributed by atoms with Gasteiger partial charge in [-0.3, -0.25) is 0 Å². The summed E-state index contributed by atoms with van der Waals surface area (Å²) < 4.78 is 10.1. The molecule has 2 aromatic heterocycles. The minimum absolute atomic E-state index is 0.00714. The molecule has 2 aliphatic heterocycles. The van der Waals surface area contributed by atoms with E-state index in [9.17, 15) is 0 Å². The summed E-state index contributed by atoms with van der Waals surface area (Å²) in [4.78, 5) is 5.16. The van der Waals surface area contributed by atoms with Crippen molar-refractivity contribution in [1.29, 1.82) is 0 Å². The summed E-state index contributed by atoms with van der Waals surface area (Å²) in [6.45, 7) is 32.3. The second-order valence-electron chi connectivity index (χ2n) is 27.5. The topological polar surface area (TPSA) is 24.6 Å². The first kappa shape index (κ1) is 48.6. The minimum atomic E-state index is -0.218. The van der Waals surface area contributed by atoms with Crippen molar-refractivity contribution in [3.8, 4) is 27.9 Å². The van der Waals surface area contributed by atoms with E-state index in [2.05, 4.69) is 281 Å². The number of benzene rings is 9. The van der Waals surface area contributed by atoms with E-state index in [4.69, 9.17) is 4.42 Å². The van der Waals surface area contributed by atoms with E-state index >= 15 is 0 Å². The summed E-state index contributed by atoms with van der Waals surface area (Å²) in [6, 6.07) is 65.6. The molecule has 0 atom stereocenters. The average molecular weight is 1020 g/mol. The monoisotopic (exact) mass is 1020 g/mol. The van der Waals surface area contributed by atoms with E-state index in [0.29, 0.717) is 0 Å². The van der Waals surface area contributed by atoms with E-state index in [0.717, 1.165) is 39.3 Å². The summed E-state index contributed by atoms with van der Waals surface area (Å²) in [5.74, 6) is 0. The van der Waals surface area contributed by atoms with Gasteiger partial charge in [0.15, 0.2) is 0 Å². The molecule has 11 aromatic rings. The van der Waals surface area contributed by atoms with Crippen molar-refractivity contribution >= 4 is 90.0 Å². The standard InChI is InChI=1S/C73H70BN3O/c1-69(2,3)43-23-30-47(31-24-43)75(48-32-25-44(26-33-48)70(4,5)6)50-36-37-58-61(40-50)76-59-38-29-46(72(10,11)12)39-54(59)63-64-52-20-16-18-22-62(52)78-68(64)65-55-41-57-53(51-19-15-17-21-56(51)73(57,13)14)42-60(55)77(74(58)66(65)67(63)76)49-34-27-45(28-35-49)71(7,8)9/h15-42H,1-14H3. The van der Waals surface area contributed by atoms with Gasteiger partial charge in [-0.15, -0.1) is 0 Å². The van der Waals surface area contributed by atoms with Crippen LogP contribution in [0.4, 0.5) is 28.4 Å². The summed E-state index contributed by atoms with van der Waals surface area (Å²) in [5, 5.41) is 4.83. The molecule has 386 valence electrons. The van der Waals surface area contributed by atoms with Gasteiger partial charge in [-0.2, -0.15) is 0 Å². The van der Waals surface area contributed by atoms with Crippen molar-refractivity contribution in [3.05, 3.63) is 203 Å². The Bertz CT molecular complexity index is 4250. The summed E-state index contributed by atoms with van der Waals surface area (Å²) in [7, 11) is 0. The highest BCUT2D eigenvalue weighted by atomic mass is 16.3. The second-order valence-corrected chi connectivity index (χ2v) is 27.5. The highest BCUT2D eigenvalue weighted by molar-refractivity contribution is 6.94. The Morgan fingerprint density at radius 2 is 1.03 bits per heavy atom. The van der Waals surface area contributed by atoms with Gasteiger partial charge in [0.05, 0.1) is 11.0 Å². The molecule has 0 amide bonds. The lowest BCUT2D eigenvalue weighted by atomic mass is 9.43. The molecule has 4 heterocycles. The molecule has 0 spiro atoms. The van der Waals surface area contributed by atoms with E-state index in [1.807, 2.05) is 0 Å². The van der Waals surface area contributed by atoms with Crippen molar-refractivity contribution in [3.63, 3.8) is 0 Å². The molecule has 0 saturated heterocycles. The van der Waals surface area contributed by atoms with E-state index in [1.54, 1.807) is 0 Å². The number of hydrogen-bond donors (Lipinski definition) is 0. The number of anilines is 5. The van der Waals surface area contributed by atoms with Gasteiger partial charge in [-0.1, -0.05) is 188 Å². The molecule has 3 aliphatic rings. The van der Waals surface area contributed by atoms with Gasteiger partial charge in [-0.05, 0) is 156 Å². The largest absolute Gasteiger partial charge is 0.455 e. The molecule has 0 N–H and O–H groups in total. The van der Waals surface area contributed by atoms with Crippen molar-refractivity contribution in [1.82, 2.24) is 4.57 Å². The third-order valence-corrected chi connectivity index (χ3v) is 18.0. The van der Waals surface area contributed by atoms with Crippen LogP contribution in [0.5, 0.6) is 0 Å². The molecule has 4 nitrogen and oxygen atoms in total. The zero-order chi connectivity index (χ0) is 54.3. The molecular weight excluding hydrogens is 946 g/mol. The van der Waals surface area contributed by atoms with Crippen molar-refractivity contribution in [2.24, 2.45) is 0 Å². The van der Waals surface area contributed by atoms with Crippen LogP contribution < -0.4 is 20.6 Å². The summed E-state index contributed by atoms with van der Waals surface area (Å²) >= 11 is 0. The number of nitrogens with zero attached hydrogens (tertiary/aromatic N) is 3. The molecule has 0 unspecified atom stereocenters. The van der Waals surface area contributed by atoms with Crippen molar-refractivity contribution < 1.29 is 4.42 Å². The lowest BCUT2D eigenvalue weighted by Gasteiger charge is -2.43. The average Bonchev–Trinajstić information content (AvgIpc) is 3.20. The molecule has 0 bridgehead atoms. The quantitative estimate of drug-likeness (QED) is 0.164. The molecule has 0 radical (unpaired) electrons. The van der Waals surface area contributed by atoms with Gasteiger partial charge in [0.2, 0.25) is 0 Å². The Kier molecular flexibility index (Phi) is 10.1. The third kappa shape index (κ3) is 6.98. The van der Waals surface area contributed by atoms with Crippen LogP contribution in [0.25, 0.3) is 71.7 Å². The van der Waals surface area contributed by atoms with E-state index in [1.165, 1.54) is 105 Å². The zero-order valence-electron chi connectivity index (χ0n) is 48.0. The predicted molar refractivity (Wildman–Crippen MR) is 334 cm³/mol.